The molecule has 1 aromatic carbocycles. The Bertz CT molecular complexity index is 964. The first-order chi connectivity index (χ1) is 12.7. The summed E-state index contributed by atoms with van der Waals surface area (Å²) in [6.07, 6.45) is 4.23. The molecule has 0 saturated carbocycles. The van der Waals surface area contributed by atoms with Crippen molar-refractivity contribution < 1.29 is 9.53 Å². The van der Waals surface area contributed by atoms with E-state index in [9.17, 15) is 4.79 Å². The fourth-order valence-corrected chi connectivity index (χ4v) is 3.36. The zero-order chi connectivity index (χ0) is 18.1. The third-order valence-electron chi connectivity index (χ3n) is 4.79. The summed E-state index contributed by atoms with van der Waals surface area (Å²) in [6, 6.07) is 9.89. The maximum absolute atomic E-state index is 12.5. The van der Waals surface area contributed by atoms with Gasteiger partial charge in [0.1, 0.15) is 17.3 Å². The Kier molecular flexibility index (Phi) is 4.16. The van der Waals surface area contributed by atoms with Gasteiger partial charge in [0.2, 0.25) is 0 Å². The van der Waals surface area contributed by atoms with Crippen LogP contribution in [0, 0.1) is 6.92 Å². The Morgan fingerprint density at radius 1 is 1.27 bits per heavy atom. The van der Waals surface area contributed by atoms with Crippen molar-refractivity contribution in [3.63, 3.8) is 0 Å². The summed E-state index contributed by atoms with van der Waals surface area (Å²) in [6.45, 7) is 2.55. The van der Waals surface area contributed by atoms with E-state index in [4.69, 9.17) is 4.74 Å². The average Bonchev–Trinajstić information content (AvgIpc) is 3.02. The Labute approximate surface area is 151 Å². The minimum atomic E-state index is -0.139. The van der Waals surface area contributed by atoms with E-state index in [1.807, 2.05) is 31.2 Å². The van der Waals surface area contributed by atoms with E-state index >= 15 is 0 Å². The van der Waals surface area contributed by atoms with Gasteiger partial charge < -0.3 is 15.0 Å². The molecule has 1 unspecified atom stereocenters. The molecule has 3 aromatic rings. The maximum Gasteiger partial charge on any atom is 0.271 e. The number of ether oxygens (including phenoxy) is 1. The van der Waals surface area contributed by atoms with Gasteiger partial charge in [-0.25, -0.2) is 4.98 Å². The molecule has 4 rings (SSSR count). The molecule has 0 aliphatic carbocycles. The lowest BCUT2D eigenvalue weighted by molar-refractivity contribution is 0.0950. The number of benzene rings is 1. The number of nitrogens with zero attached hydrogens (tertiary/aromatic N) is 2. The minimum Gasteiger partial charge on any atom is -0.497 e. The second-order valence-corrected chi connectivity index (χ2v) is 6.49. The Hall–Kier alpha value is -3.15. The molecule has 1 aliphatic rings. The number of fused-ring (bicyclic) bond motifs is 1. The summed E-state index contributed by atoms with van der Waals surface area (Å²) in [4.78, 5) is 24.5. The predicted octanol–water partition coefficient (Wildman–Crippen LogP) is 2.86. The molecule has 6 heteroatoms. The highest BCUT2D eigenvalue weighted by Gasteiger charge is 2.27. The molecule has 2 N–H and O–H groups in total. The summed E-state index contributed by atoms with van der Waals surface area (Å²) in [7, 11) is 1.66. The summed E-state index contributed by atoms with van der Waals surface area (Å²) in [5.74, 6) is 1.54. The van der Waals surface area contributed by atoms with Crippen LogP contribution < -0.4 is 10.1 Å². The summed E-state index contributed by atoms with van der Waals surface area (Å²) in [5.41, 5.74) is 4.44. The highest BCUT2D eigenvalue weighted by molar-refractivity contribution is 5.94. The lowest BCUT2D eigenvalue weighted by Gasteiger charge is -2.15. The summed E-state index contributed by atoms with van der Waals surface area (Å²) < 4.78 is 5.33. The molecular weight excluding hydrogens is 328 g/mol. The maximum atomic E-state index is 12.5. The van der Waals surface area contributed by atoms with Gasteiger partial charge in [0, 0.05) is 36.1 Å². The first-order valence-corrected chi connectivity index (χ1v) is 8.57. The van der Waals surface area contributed by atoms with E-state index in [0.29, 0.717) is 24.5 Å². The number of hydrogen-bond acceptors (Lipinski definition) is 4. The number of imidazole rings is 1. The number of H-pyrrole nitrogens is 1. The normalized spacial score (nSPS) is 16.5. The smallest absolute Gasteiger partial charge is 0.271 e. The van der Waals surface area contributed by atoms with Crippen LogP contribution in [0.1, 0.15) is 33.2 Å². The van der Waals surface area contributed by atoms with Gasteiger partial charge in [-0.15, -0.1) is 0 Å². The molecule has 26 heavy (non-hydrogen) atoms. The zero-order valence-corrected chi connectivity index (χ0v) is 14.7. The highest BCUT2D eigenvalue weighted by Crippen LogP contribution is 2.29. The molecule has 0 spiro atoms. The Morgan fingerprint density at radius 2 is 2.15 bits per heavy atom. The lowest BCUT2D eigenvalue weighted by atomic mass is 9.94. The number of aromatic nitrogens is 3. The van der Waals surface area contributed by atoms with Crippen molar-refractivity contribution in [2.45, 2.75) is 19.3 Å². The molecule has 132 valence electrons. The molecule has 2 aromatic heterocycles. The van der Waals surface area contributed by atoms with Crippen molar-refractivity contribution in [1.82, 2.24) is 20.3 Å². The van der Waals surface area contributed by atoms with Crippen LogP contribution >= 0.6 is 0 Å². The van der Waals surface area contributed by atoms with Crippen LogP contribution in [0.5, 0.6) is 5.75 Å². The van der Waals surface area contributed by atoms with Crippen molar-refractivity contribution >= 4 is 5.91 Å². The number of carbonyl (C=O) groups is 1. The number of hydrogen-bond donors (Lipinski definition) is 2. The largest absolute Gasteiger partial charge is 0.497 e. The molecule has 0 bridgehead atoms. The SMILES string of the molecule is COc1cccc(C2CNC(=O)c3nc(-c4ccncc4C)[nH]c3C2)c1. The van der Waals surface area contributed by atoms with Crippen LogP contribution in [0.25, 0.3) is 11.4 Å². The number of amides is 1. The molecule has 0 saturated heterocycles. The van der Waals surface area contributed by atoms with E-state index in [1.54, 1.807) is 19.5 Å². The van der Waals surface area contributed by atoms with Crippen LogP contribution in [-0.4, -0.2) is 34.5 Å². The molecule has 6 nitrogen and oxygen atoms in total. The quantitative estimate of drug-likeness (QED) is 0.763. The number of aryl methyl sites for hydroxylation is 1. The monoisotopic (exact) mass is 348 g/mol. The standard InChI is InChI=1S/C20H20N4O2/c1-12-10-21-7-6-16(12)19-23-17-9-14(11-22-20(25)18(17)24-19)13-4-3-5-15(8-13)26-2/h3-8,10,14H,9,11H2,1-2H3,(H,22,25)(H,23,24). The second kappa shape index (κ2) is 6.63. The van der Waals surface area contributed by atoms with E-state index in [-0.39, 0.29) is 11.8 Å². The van der Waals surface area contributed by atoms with Crippen LogP contribution in [0.4, 0.5) is 0 Å². The van der Waals surface area contributed by atoms with Crippen molar-refractivity contribution in [3.8, 4) is 17.1 Å². The number of rotatable bonds is 3. The number of pyridine rings is 1. The van der Waals surface area contributed by atoms with Gasteiger partial charge >= 0.3 is 0 Å². The number of carbonyl (C=O) groups excluding carboxylic acids is 1. The van der Waals surface area contributed by atoms with E-state index in [1.165, 1.54) is 0 Å². The van der Waals surface area contributed by atoms with E-state index in [2.05, 4.69) is 26.3 Å². The van der Waals surface area contributed by atoms with E-state index in [0.717, 1.165) is 28.1 Å². The fraction of sp³-hybridized carbons (Fsp3) is 0.250. The zero-order valence-electron chi connectivity index (χ0n) is 14.7. The number of nitrogens with one attached hydrogen (secondary N) is 2. The van der Waals surface area contributed by atoms with Gasteiger partial charge in [-0.05, 0) is 42.7 Å². The van der Waals surface area contributed by atoms with Crippen molar-refractivity contribution in [2.75, 3.05) is 13.7 Å². The average molecular weight is 348 g/mol. The molecule has 0 radical (unpaired) electrons. The topological polar surface area (TPSA) is 79.9 Å². The first-order valence-electron chi connectivity index (χ1n) is 8.57. The van der Waals surface area contributed by atoms with Gasteiger partial charge in [0.25, 0.3) is 5.91 Å². The van der Waals surface area contributed by atoms with E-state index < -0.39 is 0 Å². The first kappa shape index (κ1) is 16.3. The fourth-order valence-electron chi connectivity index (χ4n) is 3.36. The van der Waals surface area contributed by atoms with Crippen molar-refractivity contribution in [1.29, 1.82) is 0 Å². The lowest BCUT2D eigenvalue weighted by Crippen LogP contribution is -2.26. The molecular formula is C20H20N4O2. The molecule has 1 aliphatic heterocycles. The van der Waals surface area contributed by atoms with Crippen molar-refractivity contribution in [3.05, 3.63) is 65.2 Å². The summed E-state index contributed by atoms with van der Waals surface area (Å²) in [5, 5.41) is 2.99. The Morgan fingerprint density at radius 3 is 2.96 bits per heavy atom. The van der Waals surface area contributed by atoms with Crippen LogP contribution in [-0.2, 0) is 6.42 Å². The van der Waals surface area contributed by atoms with Gasteiger partial charge in [-0.2, -0.15) is 0 Å². The predicted molar refractivity (Wildman–Crippen MR) is 98.3 cm³/mol. The Balaban J connectivity index is 1.71. The minimum absolute atomic E-state index is 0.139. The third-order valence-corrected chi connectivity index (χ3v) is 4.79. The highest BCUT2D eigenvalue weighted by atomic mass is 16.5. The molecule has 1 atom stereocenters. The van der Waals surface area contributed by atoms with Crippen LogP contribution in [0.15, 0.2) is 42.7 Å². The van der Waals surface area contributed by atoms with Crippen molar-refractivity contribution in [2.24, 2.45) is 0 Å². The molecule has 1 amide bonds. The number of methoxy groups -OCH3 is 1. The van der Waals surface area contributed by atoms with Crippen LogP contribution in [0.2, 0.25) is 0 Å². The van der Waals surface area contributed by atoms with Gasteiger partial charge in [0.15, 0.2) is 0 Å². The third kappa shape index (κ3) is 2.94. The molecule has 3 heterocycles. The van der Waals surface area contributed by atoms with Gasteiger partial charge in [0.05, 0.1) is 7.11 Å². The van der Waals surface area contributed by atoms with Gasteiger partial charge in [-0.1, -0.05) is 12.1 Å². The van der Waals surface area contributed by atoms with Gasteiger partial charge in [-0.3, -0.25) is 9.78 Å². The van der Waals surface area contributed by atoms with Crippen LogP contribution in [0.3, 0.4) is 0 Å². The number of aromatic amines is 1. The molecule has 0 fully saturated rings. The summed E-state index contributed by atoms with van der Waals surface area (Å²) >= 11 is 0. The second-order valence-electron chi connectivity index (χ2n) is 6.49.